The van der Waals surface area contributed by atoms with E-state index < -0.39 is 17.8 Å². The van der Waals surface area contributed by atoms with Crippen LogP contribution >= 0.6 is 0 Å². The molecule has 2 saturated carbocycles. The monoisotopic (exact) mass is 558 g/mol. The van der Waals surface area contributed by atoms with Crippen molar-refractivity contribution in [3.63, 3.8) is 0 Å². The Morgan fingerprint density at radius 2 is 1.66 bits per heavy atom. The van der Waals surface area contributed by atoms with Crippen LogP contribution in [0.2, 0.25) is 0 Å². The number of carboxylic acid groups (broad SMARTS) is 1. The van der Waals surface area contributed by atoms with Crippen molar-refractivity contribution in [1.82, 2.24) is 15.6 Å². The molecule has 8 nitrogen and oxygen atoms in total. The molecule has 2 aliphatic rings. The molecule has 2 aliphatic carbocycles. The Hall–Kier alpha value is -4.27. The van der Waals surface area contributed by atoms with Gasteiger partial charge in [0, 0.05) is 43.4 Å². The molecule has 1 aromatic heterocycles. The molecule has 9 heteroatoms. The van der Waals surface area contributed by atoms with E-state index in [1.54, 1.807) is 6.20 Å². The summed E-state index contributed by atoms with van der Waals surface area (Å²) < 4.78 is 13.8. The van der Waals surface area contributed by atoms with E-state index in [1.807, 2.05) is 60.7 Å². The fourth-order valence-electron chi connectivity index (χ4n) is 6.13. The van der Waals surface area contributed by atoms with E-state index in [4.69, 9.17) is 4.98 Å². The lowest BCUT2D eigenvalue weighted by Gasteiger charge is -2.44. The Kier molecular flexibility index (Phi) is 8.33. The topological polar surface area (TPSA) is 120 Å². The van der Waals surface area contributed by atoms with Crippen molar-refractivity contribution >= 4 is 23.6 Å². The van der Waals surface area contributed by atoms with Gasteiger partial charge in [-0.25, -0.2) is 9.18 Å². The minimum Gasteiger partial charge on any atom is -0.465 e. The second-order valence-electron chi connectivity index (χ2n) is 11.3. The summed E-state index contributed by atoms with van der Waals surface area (Å²) in [7, 11) is 0. The van der Waals surface area contributed by atoms with Crippen LogP contribution < -0.4 is 16.0 Å². The van der Waals surface area contributed by atoms with E-state index in [1.165, 1.54) is 6.92 Å². The SMILES string of the molecule is CC(=O)N[C@H]1CC[C@H](CC(=O)Nc2cnc(-c3ccc(C4(NC(=O)O)CC(F)C4)cc3)c(-c3ccccc3)c2)CC1. The van der Waals surface area contributed by atoms with Gasteiger partial charge in [0.2, 0.25) is 11.8 Å². The first kappa shape index (κ1) is 28.3. The molecule has 1 heterocycles. The predicted octanol–water partition coefficient (Wildman–Crippen LogP) is 6.03. The summed E-state index contributed by atoms with van der Waals surface area (Å²) in [6.45, 7) is 1.53. The lowest BCUT2D eigenvalue weighted by molar-refractivity contribution is -0.120. The van der Waals surface area contributed by atoms with Crippen molar-refractivity contribution in [3.8, 4) is 22.4 Å². The van der Waals surface area contributed by atoms with Crippen molar-refractivity contribution in [1.29, 1.82) is 0 Å². The Morgan fingerprint density at radius 3 is 2.27 bits per heavy atom. The Bertz CT molecular complexity index is 1400. The number of nitrogens with one attached hydrogen (secondary N) is 3. The Morgan fingerprint density at radius 1 is 0.976 bits per heavy atom. The van der Waals surface area contributed by atoms with Crippen LogP contribution in [0.1, 0.15) is 57.4 Å². The molecule has 0 spiro atoms. The number of pyridine rings is 1. The zero-order valence-corrected chi connectivity index (χ0v) is 23.0. The molecular weight excluding hydrogens is 523 g/mol. The standard InChI is InChI=1S/C32H35FN4O4/c1-20(38)35-26-13-7-21(8-14-26)15-29(39)36-27-16-28(22-5-3-2-4-6-22)30(34-19-27)23-9-11-24(12-10-23)32(37-31(40)41)17-25(33)18-32/h2-6,9-12,16,19,21,25-26,37H,7-8,13-15,17-18H2,1H3,(H,35,38)(H,36,39)(H,40,41)/t21-,25?,26-,32?. The van der Waals surface area contributed by atoms with Gasteiger partial charge in [0.1, 0.15) is 6.17 Å². The number of anilines is 1. The van der Waals surface area contributed by atoms with Gasteiger partial charge in [-0.15, -0.1) is 0 Å². The van der Waals surface area contributed by atoms with Crippen LogP contribution in [0.15, 0.2) is 66.9 Å². The number of carbonyl (C=O) groups is 3. The van der Waals surface area contributed by atoms with E-state index in [0.29, 0.717) is 23.4 Å². The highest BCUT2D eigenvalue weighted by Crippen LogP contribution is 2.44. The van der Waals surface area contributed by atoms with Crippen LogP contribution in [0.3, 0.4) is 0 Å². The Labute approximate surface area is 238 Å². The summed E-state index contributed by atoms with van der Waals surface area (Å²) in [5, 5.41) is 17.8. The molecule has 3 amide bonds. The maximum absolute atomic E-state index is 13.8. The number of carbonyl (C=O) groups excluding carboxylic acids is 2. The van der Waals surface area contributed by atoms with E-state index in [2.05, 4.69) is 16.0 Å². The number of rotatable bonds is 8. The average molecular weight is 559 g/mol. The summed E-state index contributed by atoms with van der Waals surface area (Å²) in [6.07, 6.45) is 3.63. The van der Waals surface area contributed by atoms with E-state index >= 15 is 0 Å². The van der Waals surface area contributed by atoms with Gasteiger partial charge >= 0.3 is 6.09 Å². The number of hydrogen-bond acceptors (Lipinski definition) is 4. The van der Waals surface area contributed by atoms with Crippen molar-refractivity contribution < 1.29 is 23.9 Å². The molecule has 0 atom stereocenters. The maximum atomic E-state index is 13.8. The first-order valence-corrected chi connectivity index (χ1v) is 14.1. The number of aromatic nitrogens is 1. The molecule has 3 aromatic rings. The highest BCUT2D eigenvalue weighted by atomic mass is 19.1. The maximum Gasteiger partial charge on any atom is 0.405 e. The molecule has 2 aromatic carbocycles. The predicted molar refractivity (Wildman–Crippen MR) is 155 cm³/mol. The van der Waals surface area contributed by atoms with Crippen LogP contribution in [0, 0.1) is 5.92 Å². The number of alkyl halides is 1. The number of hydrogen-bond donors (Lipinski definition) is 4. The largest absolute Gasteiger partial charge is 0.465 e. The van der Waals surface area contributed by atoms with Crippen LogP contribution in [-0.2, 0) is 15.1 Å². The third-order valence-corrected chi connectivity index (χ3v) is 8.18. The minimum atomic E-state index is -1.18. The van der Waals surface area contributed by atoms with Crippen LogP contribution in [0.25, 0.3) is 22.4 Å². The third-order valence-electron chi connectivity index (χ3n) is 8.18. The molecule has 2 fully saturated rings. The van der Waals surface area contributed by atoms with Crippen molar-refractivity contribution in [3.05, 3.63) is 72.4 Å². The molecule has 0 unspecified atom stereocenters. The summed E-state index contributed by atoms with van der Waals surface area (Å²) in [4.78, 5) is 40.3. The summed E-state index contributed by atoms with van der Waals surface area (Å²) in [6, 6.07) is 19.3. The zero-order chi connectivity index (χ0) is 29.0. The van der Waals surface area contributed by atoms with Gasteiger partial charge in [0.05, 0.1) is 23.1 Å². The van der Waals surface area contributed by atoms with Gasteiger partial charge in [-0.2, -0.15) is 0 Å². The quantitative estimate of drug-likeness (QED) is 0.269. The average Bonchev–Trinajstić information content (AvgIpc) is 2.93. The number of benzene rings is 2. The zero-order valence-electron chi connectivity index (χ0n) is 23.0. The molecule has 0 radical (unpaired) electrons. The lowest BCUT2D eigenvalue weighted by Crippen LogP contribution is -2.55. The summed E-state index contributed by atoms with van der Waals surface area (Å²) in [5.74, 6) is 0.204. The summed E-state index contributed by atoms with van der Waals surface area (Å²) >= 11 is 0. The van der Waals surface area contributed by atoms with E-state index in [-0.39, 0.29) is 36.6 Å². The molecule has 4 N–H and O–H groups in total. The molecular formula is C32H35FN4O4. The number of amides is 3. The third kappa shape index (κ3) is 6.73. The van der Waals surface area contributed by atoms with Crippen LogP contribution in [-0.4, -0.2) is 40.2 Å². The lowest BCUT2D eigenvalue weighted by atomic mass is 9.70. The number of halogens is 1. The van der Waals surface area contributed by atoms with Crippen LogP contribution in [0.5, 0.6) is 0 Å². The molecule has 0 bridgehead atoms. The first-order chi connectivity index (χ1) is 19.7. The Balaban J connectivity index is 1.33. The smallest absolute Gasteiger partial charge is 0.405 e. The molecule has 5 rings (SSSR count). The van der Waals surface area contributed by atoms with Crippen LogP contribution in [0.4, 0.5) is 14.9 Å². The molecule has 0 aliphatic heterocycles. The van der Waals surface area contributed by atoms with Crippen molar-refractivity contribution in [2.45, 2.75) is 69.6 Å². The molecule has 41 heavy (non-hydrogen) atoms. The van der Waals surface area contributed by atoms with E-state index in [0.717, 1.165) is 42.4 Å². The minimum absolute atomic E-state index is 0.0142. The highest BCUT2D eigenvalue weighted by molar-refractivity contribution is 5.93. The van der Waals surface area contributed by atoms with Crippen molar-refractivity contribution in [2.24, 2.45) is 5.92 Å². The van der Waals surface area contributed by atoms with Gasteiger partial charge in [0.15, 0.2) is 0 Å². The fourth-order valence-corrected chi connectivity index (χ4v) is 6.13. The molecule has 214 valence electrons. The highest BCUT2D eigenvalue weighted by Gasteiger charge is 2.47. The van der Waals surface area contributed by atoms with Crippen molar-refractivity contribution in [2.75, 3.05) is 5.32 Å². The van der Waals surface area contributed by atoms with E-state index in [9.17, 15) is 23.9 Å². The fraction of sp³-hybridized carbons (Fsp3) is 0.375. The second-order valence-corrected chi connectivity index (χ2v) is 11.3. The van der Waals surface area contributed by atoms with Gasteiger partial charge in [-0.1, -0.05) is 54.6 Å². The first-order valence-electron chi connectivity index (χ1n) is 14.1. The van der Waals surface area contributed by atoms with Gasteiger partial charge < -0.3 is 21.1 Å². The van der Waals surface area contributed by atoms with Gasteiger partial charge in [0.25, 0.3) is 0 Å². The second kappa shape index (κ2) is 12.1. The summed E-state index contributed by atoms with van der Waals surface area (Å²) in [5.41, 5.74) is 3.73. The van der Waals surface area contributed by atoms with Gasteiger partial charge in [-0.05, 0) is 48.8 Å². The molecule has 0 saturated heterocycles. The normalized spacial score (nSPS) is 23.6. The van der Waals surface area contributed by atoms with Gasteiger partial charge in [-0.3, -0.25) is 14.6 Å². The number of nitrogens with zero attached hydrogens (tertiary/aromatic N) is 1.